The minimum absolute atomic E-state index is 0.326. The zero-order valence-electron chi connectivity index (χ0n) is 36.6. The second-order valence-corrected chi connectivity index (χ2v) is 18.0. The molecule has 0 fully saturated rings. The molecule has 10 aromatic rings. The van der Waals surface area contributed by atoms with E-state index in [1.807, 2.05) is 0 Å². The van der Waals surface area contributed by atoms with Gasteiger partial charge in [0.05, 0.1) is 11.1 Å². The van der Waals surface area contributed by atoms with E-state index in [-0.39, 0.29) is 5.41 Å². The summed E-state index contributed by atoms with van der Waals surface area (Å²) in [5, 5.41) is 0. The van der Waals surface area contributed by atoms with Crippen LogP contribution in [0.5, 0.6) is 0 Å². The monoisotopic (exact) mass is 829 g/mol. The molecule has 0 bridgehead atoms. The third-order valence-corrected chi connectivity index (χ3v) is 14.2. The highest BCUT2D eigenvalue weighted by Crippen LogP contribution is 2.65. The Kier molecular flexibility index (Phi) is 9.14. The van der Waals surface area contributed by atoms with E-state index in [4.69, 9.17) is 0 Å². The number of benzene rings is 10. The van der Waals surface area contributed by atoms with Crippen molar-refractivity contribution in [2.75, 3.05) is 4.90 Å². The smallest absolute Gasteiger partial charge is 0.0714 e. The molecule has 0 unspecified atom stereocenters. The summed E-state index contributed by atoms with van der Waals surface area (Å²) in [6, 6.07) is 92.1. The van der Waals surface area contributed by atoms with Crippen molar-refractivity contribution in [2.45, 2.75) is 24.7 Å². The van der Waals surface area contributed by atoms with Crippen LogP contribution in [0.3, 0.4) is 0 Å². The van der Waals surface area contributed by atoms with E-state index in [1.54, 1.807) is 0 Å². The molecule has 0 spiro atoms. The van der Waals surface area contributed by atoms with Gasteiger partial charge < -0.3 is 4.90 Å². The van der Waals surface area contributed by atoms with Crippen molar-refractivity contribution in [3.8, 4) is 55.6 Å². The molecular weight excluding hydrogens is 783 g/mol. The van der Waals surface area contributed by atoms with Gasteiger partial charge in [-0.3, -0.25) is 0 Å². The van der Waals surface area contributed by atoms with Crippen molar-refractivity contribution in [1.29, 1.82) is 0 Å². The predicted molar refractivity (Wildman–Crippen MR) is 272 cm³/mol. The zero-order valence-corrected chi connectivity index (χ0v) is 36.6. The topological polar surface area (TPSA) is 3.24 Å². The first kappa shape index (κ1) is 38.7. The first-order chi connectivity index (χ1) is 32.0. The molecule has 0 aliphatic heterocycles. The van der Waals surface area contributed by atoms with Gasteiger partial charge in [0.2, 0.25) is 0 Å². The first-order valence-electron chi connectivity index (χ1n) is 22.8. The Balaban J connectivity index is 1.21. The third kappa shape index (κ3) is 6.07. The summed E-state index contributed by atoms with van der Waals surface area (Å²) >= 11 is 0. The molecular formula is C64H47N. The first-order valence-corrected chi connectivity index (χ1v) is 22.8. The number of rotatable bonds is 8. The lowest BCUT2D eigenvalue weighted by Gasteiger charge is -2.36. The van der Waals surface area contributed by atoms with E-state index < -0.39 is 5.41 Å². The molecule has 0 saturated carbocycles. The second kappa shape index (κ2) is 15.4. The molecule has 0 saturated heterocycles. The zero-order chi connectivity index (χ0) is 43.5. The number of hydrogen-bond acceptors (Lipinski definition) is 1. The molecule has 65 heavy (non-hydrogen) atoms. The lowest BCUT2D eigenvalue weighted by atomic mass is 9.66. The third-order valence-electron chi connectivity index (χ3n) is 14.2. The molecule has 12 rings (SSSR count). The predicted octanol–water partition coefficient (Wildman–Crippen LogP) is 16.8. The van der Waals surface area contributed by atoms with Crippen LogP contribution in [-0.4, -0.2) is 0 Å². The van der Waals surface area contributed by atoms with Crippen molar-refractivity contribution in [1.82, 2.24) is 0 Å². The van der Waals surface area contributed by atoms with Crippen molar-refractivity contribution in [3.05, 3.63) is 282 Å². The normalized spacial score (nSPS) is 13.6. The van der Waals surface area contributed by atoms with Crippen LogP contribution in [0, 0.1) is 0 Å². The van der Waals surface area contributed by atoms with Crippen LogP contribution in [0.2, 0.25) is 0 Å². The summed E-state index contributed by atoms with van der Waals surface area (Å²) in [5.74, 6) is 0. The maximum Gasteiger partial charge on any atom is 0.0714 e. The van der Waals surface area contributed by atoms with E-state index in [0.717, 1.165) is 11.4 Å². The van der Waals surface area contributed by atoms with Crippen LogP contribution in [0.4, 0.5) is 17.1 Å². The number of anilines is 3. The fourth-order valence-electron chi connectivity index (χ4n) is 11.1. The Labute approximate surface area is 382 Å². The van der Waals surface area contributed by atoms with Gasteiger partial charge in [0, 0.05) is 27.9 Å². The number of nitrogens with zero attached hydrogens (tertiary/aromatic N) is 1. The molecule has 10 aromatic carbocycles. The largest absolute Gasteiger partial charge is 0.309 e. The van der Waals surface area contributed by atoms with Crippen LogP contribution >= 0.6 is 0 Å². The maximum absolute atomic E-state index is 2.60. The van der Waals surface area contributed by atoms with Gasteiger partial charge in [-0.15, -0.1) is 0 Å². The van der Waals surface area contributed by atoms with Crippen LogP contribution in [0.1, 0.15) is 47.2 Å². The molecule has 1 nitrogen and oxygen atoms in total. The number of hydrogen-bond donors (Lipinski definition) is 0. The van der Waals surface area contributed by atoms with Crippen molar-refractivity contribution < 1.29 is 0 Å². The standard InChI is InChI=1S/C64H47N/c1-63(2)57-42-49(46-24-12-5-13-25-46)36-41-55(57)60-58(63)43-59-61(54-30-18-19-31-56(54)64(59,50-26-14-6-15-27-50)51-28-16-7-17-29-51)62(60)65(52-37-32-47(33-38-52)44-20-8-3-9-21-44)53-39-34-48(35-40-53)45-22-10-4-11-23-45/h3-43H,1-2H3. The van der Waals surface area contributed by atoms with E-state index in [2.05, 4.69) is 267 Å². The molecule has 308 valence electrons. The van der Waals surface area contributed by atoms with E-state index >= 15 is 0 Å². The highest BCUT2D eigenvalue weighted by atomic mass is 15.1. The molecule has 0 atom stereocenters. The highest BCUT2D eigenvalue weighted by molar-refractivity contribution is 6.07. The summed E-state index contributed by atoms with van der Waals surface area (Å²) in [6.45, 7) is 4.87. The lowest BCUT2D eigenvalue weighted by molar-refractivity contribution is 0.656. The van der Waals surface area contributed by atoms with Gasteiger partial charge in [-0.05, 0) is 108 Å². The summed E-state index contributed by atoms with van der Waals surface area (Å²) in [6.07, 6.45) is 0. The average molecular weight is 830 g/mol. The summed E-state index contributed by atoms with van der Waals surface area (Å²) in [5.41, 5.74) is 22.6. The van der Waals surface area contributed by atoms with Crippen LogP contribution in [0.15, 0.2) is 249 Å². The van der Waals surface area contributed by atoms with Crippen molar-refractivity contribution >= 4 is 17.1 Å². The summed E-state index contributed by atoms with van der Waals surface area (Å²) in [4.78, 5) is 2.57. The molecule has 0 amide bonds. The minimum atomic E-state index is -0.585. The Hall–Kier alpha value is -8.00. The molecule has 2 aliphatic carbocycles. The van der Waals surface area contributed by atoms with Crippen LogP contribution in [0.25, 0.3) is 55.6 Å². The molecule has 0 radical (unpaired) electrons. The average Bonchev–Trinajstić information content (AvgIpc) is 3.80. The van der Waals surface area contributed by atoms with Crippen molar-refractivity contribution in [3.63, 3.8) is 0 Å². The van der Waals surface area contributed by atoms with Gasteiger partial charge in [0.1, 0.15) is 0 Å². The van der Waals surface area contributed by atoms with Gasteiger partial charge in [-0.2, -0.15) is 0 Å². The summed E-state index contributed by atoms with van der Waals surface area (Å²) in [7, 11) is 0. The van der Waals surface area contributed by atoms with E-state index in [1.165, 1.54) is 94.7 Å². The Morgan fingerprint density at radius 3 is 1.18 bits per heavy atom. The molecule has 0 heterocycles. The molecule has 1 heteroatoms. The maximum atomic E-state index is 2.60. The fourth-order valence-corrected chi connectivity index (χ4v) is 11.1. The Bertz CT molecular complexity index is 3210. The van der Waals surface area contributed by atoms with Gasteiger partial charge in [0.15, 0.2) is 0 Å². The molecule has 0 aromatic heterocycles. The van der Waals surface area contributed by atoms with Crippen LogP contribution < -0.4 is 4.90 Å². The number of fused-ring (bicyclic) bond motifs is 6. The Morgan fingerprint density at radius 2 is 0.677 bits per heavy atom. The fraction of sp³-hybridized carbons (Fsp3) is 0.0625. The van der Waals surface area contributed by atoms with Gasteiger partial charge in [-0.1, -0.05) is 232 Å². The Morgan fingerprint density at radius 1 is 0.292 bits per heavy atom. The van der Waals surface area contributed by atoms with Crippen molar-refractivity contribution in [2.24, 2.45) is 0 Å². The van der Waals surface area contributed by atoms with Gasteiger partial charge >= 0.3 is 0 Å². The van der Waals surface area contributed by atoms with Gasteiger partial charge in [-0.25, -0.2) is 0 Å². The second-order valence-electron chi connectivity index (χ2n) is 18.0. The highest BCUT2D eigenvalue weighted by Gasteiger charge is 2.51. The molecule has 2 aliphatic rings. The SMILES string of the molecule is CC1(C)c2cc(-c3ccccc3)ccc2-c2c1cc1c(c2N(c2ccc(-c3ccccc3)cc2)c2ccc(-c3ccccc3)cc2)-c2ccccc2C1(c1ccccc1)c1ccccc1. The molecule has 0 N–H and O–H groups in total. The van der Waals surface area contributed by atoms with Gasteiger partial charge in [0.25, 0.3) is 0 Å². The lowest BCUT2D eigenvalue weighted by Crippen LogP contribution is -2.29. The van der Waals surface area contributed by atoms with E-state index in [0.29, 0.717) is 0 Å². The quantitative estimate of drug-likeness (QED) is 0.147. The minimum Gasteiger partial charge on any atom is -0.309 e. The van der Waals surface area contributed by atoms with Crippen LogP contribution in [-0.2, 0) is 10.8 Å². The summed E-state index contributed by atoms with van der Waals surface area (Å²) < 4.78 is 0. The van der Waals surface area contributed by atoms with E-state index in [9.17, 15) is 0 Å².